The van der Waals surface area contributed by atoms with Crippen molar-refractivity contribution in [3.63, 3.8) is 0 Å². The first-order chi connectivity index (χ1) is 15.2. The van der Waals surface area contributed by atoms with Gasteiger partial charge in [0.1, 0.15) is 30.3 Å². The molecule has 0 aliphatic heterocycles. The Bertz CT molecular complexity index is 1280. The van der Waals surface area contributed by atoms with Crippen LogP contribution in [0.5, 0.6) is 11.5 Å². The number of primary sulfonamides is 1. The fourth-order valence-corrected chi connectivity index (χ4v) is 3.65. The van der Waals surface area contributed by atoms with Crippen LogP contribution in [0.3, 0.4) is 0 Å². The van der Waals surface area contributed by atoms with Crippen molar-refractivity contribution >= 4 is 27.0 Å². The summed E-state index contributed by atoms with van der Waals surface area (Å²) >= 11 is 0. The molecule has 0 radical (unpaired) electrons. The van der Waals surface area contributed by atoms with Gasteiger partial charge < -0.3 is 18.6 Å². The van der Waals surface area contributed by atoms with Crippen molar-refractivity contribution in [1.29, 1.82) is 0 Å². The Kier molecular flexibility index (Phi) is 7.16. The number of ether oxygens (including phenoxy) is 3. The maximum absolute atomic E-state index is 12.3. The number of nitrogens with two attached hydrogens (primary N) is 1. The lowest BCUT2D eigenvalue weighted by molar-refractivity contribution is -0.144. The van der Waals surface area contributed by atoms with E-state index in [0.717, 1.165) is 10.9 Å². The number of hydrogen-bond acceptors (Lipinski definition) is 8. The first kappa shape index (κ1) is 23.3. The minimum absolute atomic E-state index is 0.000870. The lowest BCUT2D eigenvalue weighted by Gasteiger charge is -2.10. The molecule has 2 aromatic carbocycles. The first-order valence-electron chi connectivity index (χ1n) is 9.70. The minimum atomic E-state index is -3.77. The van der Waals surface area contributed by atoms with Crippen LogP contribution in [0, 0.1) is 6.92 Å². The zero-order chi connectivity index (χ0) is 23.3. The molecule has 0 spiro atoms. The van der Waals surface area contributed by atoms with E-state index in [2.05, 4.69) is 0 Å². The molecule has 0 unspecified atom stereocenters. The van der Waals surface area contributed by atoms with Crippen molar-refractivity contribution in [3.05, 3.63) is 64.0 Å². The molecule has 0 bridgehead atoms. The van der Waals surface area contributed by atoms with Crippen molar-refractivity contribution in [2.75, 3.05) is 20.3 Å². The van der Waals surface area contributed by atoms with E-state index >= 15 is 0 Å². The van der Waals surface area contributed by atoms with Gasteiger partial charge in [-0.2, -0.15) is 0 Å². The standard InChI is InChI=1S/C22H23NO8S/c1-14-18-8-5-16(28-2)13-20(18)31-22(25)19(14)9-10-21(24)30-12-11-29-15-3-6-17(7-4-15)32(23,26)27/h3-8,13H,9-12H2,1-2H3,(H2,23,26,27). The molecule has 10 heteroatoms. The topological polar surface area (TPSA) is 135 Å². The highest BCUT2D eigenvalue weighted by Gasteiger charge is 2.14. The smallest absolute Gasteiger partial charge is 0.339 e. The molecular formula is C22H23NO8S. The summed E-state index contributed by atoms with van der Waals surface area (Å²) in [7, 11) is -2.24. The summed E-state index contributed by atoms with van der Waals surface area (Å²) in [6.07, 6.45) is 0.196. The van der Waals surface area contributed by atoms with Crippen LogP contribution in [-0.4, -0.2) is 34.7 Å². The second-order valence-electron chi connectivity index (χ2n) is 6.94. The van der Waals surface area contributed by atoms with Crippen molar-refractivity contribution in [3.8, 4) is 11.5 Å². The van der Waals surface area contributed by atoms with E-state index < -0.39 is 21.6 Å². The molecule has 0 saturated carbocycles. The van der Waals surface area contributed by atoms with Crippen LogP contribution in [0.15, 0.2) is 56.6 Å². The van der Waals surface area contributed by atoms with Crippen LogP contribution in [0.4, 0.5) is 0 Å². The first-order valence-corrected chi connectivity index (χ1v) is 11.3. The summed E-state index contributed by atoms with van der Waals surface area (Å²) in [5.41, 5.74) is 1.10. The van der Waals surface area contributed by atoms with Crippen LogP contribution < -0.4 is 20.2 Å². The van der Waals surface area contributed by atoms with Gasteiger partial charge in [-0.15, -0.1) is 0 Å². The average molecular weight is 461 g/mol. The van der Waals surface area contributed by atoms with Gasteiger partial charge in [-0.1, -0.05) is 0 Å². The molecule has 0 atom stereocenters. The lowest BCUT2D eigenvalue weighted by atomic mass is 10.0. The molecular weight excluding hydrogens is 438 g/mol. The maximum Gasteiger partial charge on any atom is 0.339 e. The normalized spacial score (nSPS) is 11.3. The molecule has 32 heavy (non-hydrogen) atoms. The fourth-order valence-electron chi connectivity index (χ4n) is 3.13. The molecule has 1 aromatic heterocycles. The summed E-state index contributed by atoms with van der Waals surface area (Å²) in [6, 6.07) is 10.8. The molecule has 1 heterocycles. The van der Waals surface area contributed by atoms with Gasteiger partial charge in [0.05, 0.1) is 12.0 Å². The van der Waals surface area contributed by atoms with Crippen molar-refractivity contribution in [2.24, 2.45) is 5.14 Å². The number of rotatable bonds is 9. The Morgan fingerprint density at radius 1 is 1.06 bits per heavy atom. The number of benzene rings is 2. The lowest BCUT2D eigenvalue weighted by Crippen LogP contribution is -2.16. The zero-order valence-electron chi connectivity index (χ0n) is 17.6. The molecule has 0 fully saturated rings. The van der Waals surface area contributed by atoms with E-state index in [1.807, 2.05) is 0 Å². The average Bonchev–Trinajstić information content (AvgIpc) is 2.75. The van der Waals surface area contributed by atoms with Crippen molar-refractivity contribution < 1.29 is 31.8 Å². The summed E-state index contributed by atoms with van der Waals surface area (Å²) in [5, 5.41) is 5.81. The number of carbonyl (C=O) groups is 1. The molecule has 3 rings (SSSR count). The third-order valence-corrected chi connectivity index (χ3v) is 5.77. The zero-order valence-corrected chi connectivity index (χ0v) is 18.4. The van der Waals surface area contributed by atoms with Crippen LogP contribution in [0.1, 0.15) is 17.5 Å². The summed E-state index contributed by atoms with van der Waals surface area (Å²) in [6.45, 7) is 1.89. The number of aryl methyl sites for hydroxylation is 1. The quantitative estimate of drug-likeness (QED) is 0.291. The third-order valence-electron chi connectivity index (χ3n) is 4.84. The van der Waals surface area contributed by atoms with E-state index in [9.17, 15) is 18.0 Å². The fraction of sp³-hybridized carbons (Fsp3) is 0.273. The van der Waals surface area contributed by atoms with Crippen LogP contribution in [-0.2, 0) is 26.0 Å². The predicted octanol–water partition coefficient (Wildman–Crippen LogP) is 2.31. The van der Waals surface area contributed by atoms with Gasteiger partial charge in [-0.05, 0) is 55.3 Å². The molecule has 9 nitrogen and oxygen atoms in total. The van der Waals surface area contributed by atoms with E-state index in [-0.39, 0.29) is 31.0 Å². The van der Waals surface area contributed by atoms with Gasteiger partial charge in [0.15, 0.2) is 0 Å². The number of hydrogen-bond donors (Lipinski definition) is 1. The van der Waals surface area contributed by atoms with E-state index in [0.29, 0.717) is 22.6 Å². The Morgan fingerprint density at radius 3 is 2.41 bits per heavy atom. The van der Waals surface area contributed by atoms with E-state index in [1.54, 1.807) is 25.1 Å². The number of methoxy groups -OCH3 is 1. The number of sulfonamides is 1. The van der Waals surface area contributed by atoms with Gasteiger partial charge in [0, 0.05) is 23.4 Å². The van der Waals surface area contributed by atoms with Gasteiger partial charge in [0.25, 0.3) is 0 Å². The summed E-state index contributed by atoms with van der Waals surface area (Å²) < 4.78 is 43.5. The minimum Gasteiger partial charge on any atom is -0.497 e. The second-order valence-corrected chi connectivity index (χ2v) is 8.50. The van der Waals surface area contributed by atoms with Crippen LogP contribution in [0.25, 0.3) is 11.0 Å². The molecule has 0 aliphatic rings. The van der Waals surface area contributed by atoms with Gasteiger partial charge in [-0.25, -0.2) is 18.4 Å². The Labute approximate surface area is 184 Å². The number of fused-ring (bicyclic) bond motifs is 1. The van der Waals surface area contributed by atoms with Gasteiger partial charge in [0.2, 0.25) is 10.0 Å². The van der Waals surface area contributed by atoms with Crippen LogP contribution in [0.2, 0.25) is 0 Å². The molecule has 3 aromatic rings. The number of esters is 1. The SMILES string of the molecule is COc1ccc2c(C)c(CCC(=O)OCCOc3ccc(S(N)(=O)=O)cc3)c(=O)oc2c1. The molecule has 2 N–H and O–H groups in total. The molecule has 0 amide bonds. The predicted molar refractivity (Wildman–Crippen MR) is 116 cm³/mol. The highest BCUT2D eigenvalue weighted by Crippen LogP contribution is 2.24. The second kappa shape index (κ2) is 9.84. The van der Waals surface area contributed by atoms with Gasteiger partial charge in [-0.3, -0.25) is 4.79 Å². The third kappa shape index (κ3) is 5.65. The molecule has 170 valence electrons. The van der Waals surface area contributed by atoms with E-state index in [4.69, 9.17) is 23.8 Å². The van der Waals surface area contributed by atoms with E-state index in [1.165, 1.54) is 31.4 Å². The monoisotopic (exact) mass is 461 g/mol. The maximum atomic E-state index is 12.3. The molecule has 0 aliphatic carbocycles. The van der Waals surface area contributed by atoms with Crippen molar-refractivity contribution in [1.82, 2.24) is 0 Å². The highest BCUT2D eigenvalue weighted by molar-refractivity contribution is 7.89. The van der Waals surface area contributed by atoms with Crippen LogP contribution >= 0.6 is 0 Å². The Hall–Kier alpha value is -3.37. The summed E-state index contributed by atoms with van der Waals surface area (Å²) in [5.74, 6) is 0.514. The van der Waals surface area contributed by atoms with Crippen molar-refractivity contribution in [2.45, 2.75) is 24.7 Å². The number of carbonyl (C=O) groups excluding carboxylic acids is 1. The Morgan fingerprint density at radius 2 is 1.75 bits per heavy atom. The Balaban J connectivity index is 1.51. The largest absolute Gasteiger partial charge is 0.497 e. The molecule has 0 saturated heterocycles. The highest BCUT2D eigenvalue weighted by atomic mass is 32.2. The summed E-state index contributed by atoms with van der Waals surface area (Å²) in [4.78, 5) is 24.4. The van der Waals surface area contributed by atoms with Gasteiger partial charge >= 0.3 is 11.6 Å².